The van der Waals surface area contributed by atoms with Crippen molar-refractivity contribution >= 4 is 17.4 Å². The van der Waals surface area contributed by atoms with Gasteiger partial charge in [-0.3, -0.25) is 4.79 Å². The van der Waals surface area contributed by atoms with Crippen LogP contribution in [0.2, 0.25) is 0 Å². The second-order valence-corrected chi connectivity index (χ2v) is 7.75. The summed E-state index contributed by atoms with van der Waals surface area (Å²) in [7, 11) is 0. The van der Waals surface area contributed by atoms with Crippen molar-refractivity contribution < 1.29 is 67.0 Å². The molecule has 7 nitrogen and oxygen atoms in total. The number of nitrogens with one attached hydrogen (secondary N) is 1. The van der Waals surface area contributed by atoms with Crippen LogP contribution >= 0.6 is 0 Å². The Morgan fingerprint density at radius 1 is 0.610 bits per heavy atom. The highest BCUT2D eigenvalue weighted by atomic mass is 19.4. The van der Waals surface area contributed by atoms with E-state index in [1.807, 2.05) is 0 Å². The number of ketones is 1. The Morgan fingerprint density at radius 3 is 1.46 bits per heavy atom. The molecule has 0 aliphatic carbocycles. The highest BCUT2D eigenvalue weighted by Crippen LogP contribution is 2.38. The number of aromatic nitrogens is 3. The maximum atomic E-state index is 13.0. The van der Waals surface area contributed by atoms with E-state index in [0.29, 0.717) is 0 Å². The molecule has 3 aromatic rings. The van der Waals surface area contributed by atoms with Gasteiger partial charge in [-0.25, -0.2) is 0 Å². The van der Waals surface area contributed by atoms with E-state index in [2.05, 4.69) is 29.7 Å². The van der Waals surface area contributed by atoms with Crippen molar-refractivity contribution in [2.75, 3.05) is 5.32 Å². The normalized spacial score (nSPS) is 12.9. The van der Waals surface area contributed by atoms with Gasteiger partial charge in [0.05, 0.1) is 5.69 Å². The topological polar surface area (TPSA) is 86.2 Å². The van der Waals surface area contributed by atoms with Gasteiger partial charge in [-0.05, 0) is 12.1 Å². The molecule has 41 heavy (non-hydrogen) atoms. The average Bonchev–Trinajstić information content (AvgIpc) is 2.83. The summed E-state index contributed by atoms with van der Waals surface area (Å²) < 4.78 is 163. The van der Waals surface area contributed by atoms with Crippen LogP contribution in [0.3, 0.4) is 0 Å². The monoisotopic (exact) mass is 608 g/mol. The fraction of sp³-hybridized carbons (Fsp3) is 0.273. The molecule has 0 radical (unpaired) electrons. The minimum Gasteiger partial charge on any atom is -0.440 e. The van der Waals surface area contributed by atoms with E-state index in [-0.39, 0.29) is 16.8 Å². The fourth-order valence-electron chi connectivity index (χ4n) is 3.00. The van der Waals surface area contributed by atoms with Gasteiger partial charge in [-0.1, -0.05) is 42.5 Å². The predicted molar refractivity (Wildman–Crippen MR) is 112 cm³/mol. The van der Waals surface area contributed by atoms with Crippen molar-refractivity contribution in [2.45, 2.75) is 36.9 Å². The first-order valence-corrected chi connectivity index (χ1v) is 10.6. The zero-order chi connectivity index (χ0) is 30.8. The molecule has 1 heterocycles. The van der Waals surface area contributed by atoms with Crippen LogP contribution < -0.4 is 14.8 Å². The molecule has 19 heteroatoms. The maximum absolute atomic E-state index is 13.0. The molecule has 222 valence electrons. The lowest BCUT2D eigenvalue weighted by Crippen LogP contribution is -2.47. The Morgan fingerprint density at radius 2 is 1.02 bits per heavy atom. The molecule has 3 rings (SSSR count). The molecule has 1 aromatic heterocycles. The smallest absolute Gasteiger partial charge is 0.434 e. The number of anilines is 2. The first-order valence-electron chi connectivity index (χ1n) is 10.6. The van der Waals surface area contributed by atoms with Crippen LogP contribution in [-0.2, 0) is 0 Å². The maximum Gasteiger partial charge on any atom is 0.434 e. The number of halogens is 12. The predicted octanol–water partition coefficient (Wildman–Crippen LogP) is 6.59. The van der Waals surface area contributed by atoms with Gasteiger partial charge in [-0.15, -0.1) is 4.98 Å². The van der Waals surface area contributed by atoms with Gasteiger partial charge in [0, 0.05) is 11.1 Å². The third-order valence-electron chi connectivity index (χ3n) is 4.68. The number of hydrogen-bond acceptors (Lipinski definition) is 7. The molecule has 0 fully saturated rings. The lowest BCUT2D eigenvalue weighted by Gasteiger charge is -2.24. The summed E-state index contributed by atoms with van der Waals surface area (Å²) in [6, 6.07) is 8.20. The Bertz CT molecular complexity index is 1280. The summed E-state index contributed by atoms with van der Waals surface area (Å²) in [6.45, 7) is 0. The van der Waals surface area contributed by atoms with Crippen molar-refractivity contribution in [2.24, 2.45) is 0 Å². The van der Waals surface area contributed by atoms with Crippen LogP contribution in [0, 0.1) is 0 Å². The van der Waals surface area contributed by atoms with Crippen molar-refractivity contribution in [3.05, 3.63) is 65.7 Å². The van der Waals surface area contributed by atoms with Gasteiger partial charge >= 0.3 is 36.7 Å². The third kappa shape index (κ3) is 8.10. The van der Waals surface area contributed by atoms with Crippen LogP contribution in [-0.4, -0.2) is 57.6 Å². The van der Waals surface area contributed by atoms with Gasteiger partial charge < -0.3 is 14.8 Å². The summed E-state index contributed by atoms with van der Waals surface area (Å²) in [4.78, 5) is 21.7. The zero-order valence-corrected chi connectivity index (χ0v) is 19.5. The zero-order valence-electron chi connectivity index (χ0n) is 19.5. The minimum absolute atomic E-state index is 0.0989. The molecule has 0 amide bonds. The molecule has 0 unspecified atom stereocenters. The second kappa shape index (κ2) is 11.3. The van der Waals surface area contributed by atoms with Gasteiger partial charge in [0.1, 0.15) is 0 Å². The average molecular weight is 608 g/mol. The molecule has 0 aliphatic heterocycles. The SMILES string of the molecule is O=C(c1ccccc1)c1ccccc1Nc1nc(OC(C(F)(F)F)C(F)(F)F)nc(OC(C(F)(F)F)C(F)(F)F)n1. The van der Waals surface area contributed by atoms with Crippen LogP contribution in [0.5, 0.6) is 12.0 Å². The lowest BCUT2D eigenvalue weighted by molar-refractivity contribution is -0.302. The summed E-state index contributed by atoms with van der Waals surface area (Å²) in [5.41, 5.74) is -0.423. The van der Waals surface area contributed by atoms with Gasteiger partial charge in [0.15, 0.2) is 5.78 Å². The van der Waals surface area contributed by atoms with E-state index >= 15 is 0 Å². The molecule has 0 atom stereocenters. The van der Waals surface area contributed by atoms with E-state index in [4.69, 9.17) is 0 Å². The number of carbonyl (C=O) groups excluding carboxylic acids is 1. The number of benzene rings is 2. The Kier molecular flexibility index (Phi) is 8.59. The van der Waals surface area contributed by atoms with E-state index in [0.717, 1.165) is 6.07 Å². The number of alkyl halides is 12. The largest absolute Gasteiger partial charge is 0.440 e. The Balaban J connectivity index is 2.10. The first-order chi connectivity index (χ1) is 18.8. The number of rotatable bonds is 8. The van der Waals surface area contributed by atoms with Gasteiger partial charge in [0.25, 0.3) is 12.2 Å². The highest BCUT2D eigenvalue weighted by Gasteiger charge is 2.61. The fourth-order valence-corrected chi connectivity index (χ4v) is 3.00. The summed E-state index contributed by atoms with van der Waals surface area (Å²) in [6.07, 6.45) is -34.0. The van der Waals surface area contributed by atoms with Crippen LogP contribution in [0.15, 0.2) is 54.6 Å². The van der Waals surface area contributed by atoms with Crippen molar-refractivity contribution in [3.63, 3.8) is 0 Å². The highest BCUT2D eigenvalue weighted by molar-refractivity contribution is 6.12. The van der Waals surface area contributed by atoms with E-state index < -0.39 is 60.7 Å². The molecule has 2 aromatic carbocycles. The van der Waals surface area contributed by atoms with Crippen molar-refractivity contribution in [3.8, 4) is 12.0 Å². The Labute approximate surface area is 220 Å². The minimum atomic E-state index is -6.17. The molecule has 1 N–H and O–H groups in total. The number of carbonyl (C=O) groups is 1. The van der Waals surface area contributed by atoms with Crippen LogP contribution in [0.25, 0.3) is 0 Å². The Hall–Kier alpha value is -4.32. The molecular weight excluding hydrogens is 596 g/mol. The number of para-hydroxylation sites is 1. The number of nitrogens with zero attached hydrogens (tertiary/aromatic N) is 3. The van der Waals surface area contributed by atoms with Crippen LogP contribution in [0.1, 0.15) is 15.9 Å². The van der Waals surface area contributed by atoms with Crippen molar-refractivity contribution in [1.82, 2.24) is 15.0 Å². The molecule has 0 saturated heterocycles. The van der Waals surface area contributed by atoms with Crippen LogP contribution in [0.4, 0.5) is 64.3 Å². The summed E-state index contributed by atoms with van der Waals surface area (Å²) in [5.74, 6) is -1.93. The van der Waals surface area contributed by atoms with E-state index in [1.54, 1.807) is 6.07 Å². The number of hydrogen-bond donors (Lipinski definition) is 1. The van der Waals surface area contributed by atoms with Gasteiger partial charge in [0.2, 0.25) is 5.95 Å². The summed E-state index contributed by atoms with van der Waals surface area (Å²) >= 11 is 0. The van der Waals surface area contributed by atoms with Crippen molar-refractivity contribution in [1.29, 1.82) is 0 Å². The number of ether oxygens (including phenoxy) is 2. The van der Waals surface area contributed by atoms with Gasteiger partial charge in [-0.2, -0.15) is 62.7 Å². The summed E-state index contributed by atoms with van der Waals surface area (Å²) in [5, 5.41) is 2.14. The second-order valence-electron chi connectivity index (χ2n) is 7.75. The first kappa shape index (κ1) is 31.2. The molecule has 0 aliphatic rings. The standard InChI is InChI=1S/C22H12F12N4O3/c23-19(24,25)14(20(26,27)28)40-17-36-16(37-18(38-17)41-15(21(29,30)31)22(32,33)34)35-12-9-5-4-8-11(12)13(39)10-6-2-1-3-7-10/h1-9,14-15H,(H,35,36,37,38). The molecular formula is C22H12F12N4O3. The lowest BCUT2D eigenvalue weighted by atomic mass is 10.0. The molecule has 0 saturated carbocycles. The molecule has 0 bridgehead atoms. The molecule has 0 spiro atoms. The third-order valence-corrected chi connectivity index (χ3v) is 4.68. The van der Waals surface area contributed by atoms with E-state index in [9.17, 15) is 57.5 Å². The quantitative estimate of drug-likeness (QED) is 0.228. The van der Waals surface area contributed by atoms with E-state index in [1.165, 1.54) is 42.5 Å².